The van der Waals surface area contributed by atoms with Crippen LogP contribution in [0.25, 0.3) is 10.8 Å². The maximum Gasteiger partial charge on any atom is 0.166 e. The Morgan fingerprint density at radius 3 is 2.50 bits per heavy atom. The Kier molecular flexibility index (Phi) is 2.58. The van der Waals surface area contributed by atoms with Crippen molar-refractivity contribution in [3.05, 3.63) is 42.0 Å². The lowest BCUT2D eigenvalue weighted by Crippen LogP contribution is -2.02. The summed E-state index contributed by atoms with van der Waals surface area (Å²) in [6.45, 7) is 2.13. The van der Waals surface area contributed by atoms with Crippen molar-refractivity contribution < 1.29 is 9.53 Å². The third-order valence-corrected chi connectivity index (χ3v) is 3.78. The molecule has 1 aliphatic rings. The predicted molar refractivity (Wildman–Crippen MR) is 72.1 cm³/mol. The van der Waals surface area contributed by atoms with Crippen molar-refractivity contribution in [3.63, 3.8) is 0 Å². The average Bonchev–Trinajstić information content (AvgIpc) is 3.13. The van der Waals surface area contributed by atoms with E-state index in [1.807, 2.05) is 36.4 Å². The summed E-state index contributed by atoms with van der Waals surface area (Å²) in [5.74, 6) is 1.95. The molecule has 0 spiro atoms. The molecule has 2 unspecified atom stereocenters. The summed E-state index contributed by atoms with van der Waals surface area (Å²) in [6, 6.07) is 11.8. The van der Waals surface area contributed by atoms with Crippen molar-refractivity contribution in [1.29, 1.82) is 0 Å². The quantitative estimate of drug-likeness (QED) is 0.765. The third kappa shape index (κ3) is 1.88. The minimum atomic E-state index is 0.251. The summed E-state index contributed by atoms with van der Waals surface area (Å²) in [7, 11) is 1.66. The Labute approximate surface area is 107 Å². The van der Waals surface area contributed by atoms with Gasteiger partial charge in [0.15, 0.2) is 5.78 Å². The minimum Gasteiger partial charge on any atom is -0.497 e. The van der Waals surface area contributed by atoms with E-state index < -0.39 is 0 Å². The van der Waals surface area contributed by atoms with Crippen LogP contribution in [0.3, 0.4) is 0 Å². The van der Waals surface area contributed by atoms with Gasteiger partial charge in [-0.25, -0.2) is 0 Å². The number of fused-ring (bicyclic) bond motifs is 1. The van der Waals surface area contributed by atoms with Crippen LogP contribution in [0.4, 0.5) is 0 Å². The lowest BCUT2D eigenvalue weighted by atomic mass is 10.0. The van der Waals surface area contributed by atoms with Crippen molar-refractivity contribution >= 4 is 16.6 Å². The molecule has 2 atom stereocenters. The lowest BCUT2D eigenvalue weighted by Gasteiger charge is -2.05. The second-order valence-corrected chi connectivity index (χ2v) is 5.11. The molecule has 0 heterocycles. The molecule has 2 nitrogen and oxygen atoms in total. The summed E-state index contributed by atoms with van der Waals surface area (Å²) in [5, 5.41) is 2.20. The molecule has 2 aromatic rings. The van der Waals surface area contributed by atoms with Crippen LogP contribution in [-0.4, -0.2) is 12.9 Å². The van der Waals surface area contributed by atoms with Gasteiger partial charge in [0.25, 0.3) is 0 Å². The number of carbonyl (C=O) groups is 1. The maximum atomic E-state index is 12.2. The predicted octanol–water partition coefficient (Wildman–Crippen LogP) is 3.69. The molecule has 0 aromatic heterocycles. The first kappa shape index (κ1) is 11.3. The highest BCUT2D eigenvalue weighted by atomic mass is 16.5. The number of hydrogen-bond donors (Lipinski definition) is 0. The van der Waals surface area contributed by atoms with Gasteiger partial charge < -0.3 is 4.74 Å². The van der Waals surface area contributed by atoms with Crippen molar-refractivity contribution in [1.82, 2.24) is 0 Å². The van der Waals surface area contributed by atoms with E-state index in [1.165, 1.54) is 0 Å². The van der Waals surface area contributed by atoms with Crippen LogP contribution >= 0.6 is 0 Å². The summed E-state index contributed by atoms with van der Waals surface area (Å²) in [4.78, 5) is 12.2. The Morgan fingerprint density at radius 1 is 1.17 bits per heavy atom. The van der Waals surface area contributed by atoms with Gasteiger partial charge in [-0.3, -0.25) is 4.79 Å². The molecule has 2 heteroatoms. The van der Waals surface area contributed by atoms with Gasteiger partial charge in [-0.15, -0.1) is 0 Å². The molecular formula is C16H16O2. The van der Waals surface area contributed by atoms with E-state index in [2.05, 4.69) is 6.92 Å². The van der Waals surface area contributed by atoms with E-state index in [4.69, 9.17) is 4.74 Å². The fourth-order valence-electron chi connectivity index (χ4n) is 2.41. The van der Waals surface area contributed by atoms with E-state index in [-0.39, 0.29) is 5.92 Å². The molecule has 1 aliphatic carbocycles. The van der Waals surface area contributed by atoms with E-state index in [9.17, 15) is 4.79 Å². The van der Waals surface area contributed by atoms with Crippen molar-refractivity contribution in [2.75, 3.05) is 7.11 Å². The first-order valence-electron chi connectivity index (χ1n) is 6.31. The molecule has 0 saturated heterocycles. The Morgan fingerprint density at radius 2 is 1.83 bits per heavy atom. The maximum absolute atomic E-state index is 12.2. The Balaban J connectivity index is 1.98. The van der Waals surface area contributed by atoms with Gasteiger partial charge in [-0.1, -0.05) is 25.1 Å². The highest BCUT2D eigenvalue weighted by Gasteiger charge is 2.39. The molecule has 1 fully saturated rings. The number of hydrogen-bond acceptors (Lipinski definition) is 2. The molecular weight excluding hydrogens is 224 g/mol. The second kappa shape index (κ2) is 4.13. The summed E-state index contributed by atoms with van der Waals surface area (Å²) >= 11 is 0. The molecule has 0 bridgehead atoms. The number of methoxy groups -OCH3 is 1. The summed E-state index contributed by atoms with van der Waals surface area (Å²) < 4.78 is 5.20. The number of ether oxygens (including phenoxy) is 1. The van der Waals surface area contributed by atoms with Gasteiger partial charge in [0.2, 0.25) is 0 Å². The standard InChI is InChI=1S/C16H16O2/c1-10-7-15(10)16(17)13-4-3-12-9-14(18-2)6-5-11(12)8-13/h3-6,8-10,15H,7H2,1-2H3. The number of ketones is 1. The van der Waals surface area contributed by atoms with Crippen LogP contribution in [0.1, 0.15) is 23.7 Å². The van der Waals surface area contributed by atoms with Gasteiger partial charge in [-0.2, -0.15) is 0 Å². The average molecular weight is 240 g/mol. The third-order valence-electron chi connectivity index (χ3n) is 3.78. The van der Waals surface area contributed by atoms with Crippen LogP contribution < -0.4 is 4.74 Å². The number of carbonyl (C=O) groups excluding carboxylic acids is 1. The molecule has 1 saturated carbocycles. The monoisotopic (exact) mass is 240 g/mol. The fourth-order valence-corrected chi connectivity index (χ4v) is 2.41. The number of rotatable bonds is 3. The van der Waals surface area contributed by atoms with E-state index >= 15 is 0 Å². The van der Waals surface area contributed by atoms with Gasteiger partial charge >= 0.3 is 0 Å². The van der Waals surface area contributed by atoms with Crippen molar-refractivity contribution in [2.24, 2.45) is 11.8 Å². The molecule has 3 rings (SSSR count). The lowest BCUT2D eigenvalue weighted by molar-refractivity contribution is 0.0962. The van der Waals surface area contributed by atoms with Crippen LogP contribution in [0, 0.1) is 11.8 Å². The molecule has 92 valence electrons. The fraction of sp³-hybridized carbons (Fsp3) is 0.312. The molecule has 0 radical (unpaired) electrons. The second-order valence-electron chi connectivity index (χ2n) is 5.11. The first-order valence-corrected chi connectivity index (χ1v) is 6.31. The molecule has 0 amide bonds. The number of Topliss-reactive ketones (excluding diaryl/α,β-unsaturated/α-hetero) is 1. The SMILES string of the molecule is COc1ccc2cc(C(=O)C3CC3C)ccc2c1. The van der Waals surface area contributed by atoms with Crippen LogP contribution in [0.2, 0.25) is 0 Å². The summed E-state index contributed by atoms with van der Waals surface area (Å²) in [5.41, 5.74) is 0.835. The first-order chi connectivity index (χ1) is 8.69. The normalized spacial score (nSPS) is 21.9. The van der Waals surface area contributed by atoms with Gasteiger partial charge in [0.1, 0.15) is 5.75 Å². The zero-order valence-corrected chi connectivity index (χ0v) is 10.6. The topological polar surface area (TPSA) is 26.3 Å². The van der Waals surface area contributed by atoms with E-state index in [0.717, 1.165) is 28.5 Å². The van der Waals surface area contributed by atoms with Crippen LogP contribution in [0.5, 0.6) is 5.75 Å². The van der Waals surface area contributed by atoms with Gasteiger partial charge in [-0.05, 0) is 41.3 Å². The molecule has 18 heavy (non-hydrogen) atoms. The summed E-state index contributed by atoms with van der Waals surface area (Å²) in [6.07, 6.45) is 1.04. The zero-order valence-electron chi connectivity index (χ0n) is 10.6. The Hall–Kier alpha value is -1.83. The van der Waals surface area contributed by atoms with Crippen LogP contribution in [-0.2, 0) is 0 Å². The molecule has 2 aromatic carbocycles. The molecule has 0 N–H and O–H groups in total. The smallest absolute Gasteiger partial charge is 0.166 e. The zero-order chi connectivity index (χ0) is 12.7. The van der Waals surface area contributed by atoms with Gasteiger partial charge in [0.05, 0.1) is 7.11 Å². The van der Waals surface area contributed by atoms with Crippen molar-refractivity contribution in [3.8, 4) is 5.75 Å². The highest BCUT2D eigenvalue weighted by Crippen LogP contribution is 2.40. The van der Waals surface area contributed by atoms with Crippen molar-refractivity contribution in [2.45, 2.75) is 13.3 Å². The molecule has 0 aliphatic heterocycles. The number of benzene rings is 2. The van der Waals surface area contributed by atoms with E-state index in [0.29, 0.717) is 11.7 Å². The minimum absolute atomic E-state index is 0.251. The van der Waals surface area contributed by atoms with Crippen LogP contribution in [0.15, 0.2) is 36.4 Å². The van der Waals surface area contributed by atoms with Gasteiger partial charge in [0, 0.05) is 11.5 Å². The van der Waals surface area contributed by atoms with E-state index in [1.54, 1.807) is 7.11 Å². The Bertz CT molecular complexity index is 616. The highest BCUT2D eigenvalue weighted by molar-refractivity contribution is 6.02. The largest absolute Gasteiger partial charge is 0.497 e.